The third-order valence-corrected chi connectivity index (χ3v) is 2.86. The molecule has 2 fully saturated rings. The number of carbonyl (C=O) groups excluding carboxylic acids is 1. The zero-order valence-corrected chi connectivity index (χ0v) is 7.25. The summed E-state index contributed by atoms with van der Waals surface area (Å²) in [7, 11) is 0. The first-order valence-corrected chi connectivity index (χ1v) is 4.40. The molecule has 2 N–H and O–H groups in total. The zero-order chi connectivity index (χ0) is 9.47. The highest BCUT2D eigenvalue weighted by Gasteiger charge is 2.51. The molecule has 0 aromatic carbocycles. The molecule has 0 radical (unpaired) electrons. The van der Waals surface area contributed by atoms with Gasteiger partial charge in [-0.2, -0.15) is 0 Å². The van der Waals surface area contributed by atoms with Crippen LogP contribution in [0, 0.1) is 5.41 Å². The van der Waals surface area contributed by atoms with Crippen molar-refractivity contribution in [2.75, 3.05) is 19.6 Å². The van der Waals surface area contributed by atoms with Crippen LogP contribution in [0.1, 0.15) is 12.8 Å². The molecule has 2 rings (SSSR count). The molecule has 2 heterocycles. The predicted octanol–water partition coefficient (Wildman–Crippen LogP) is -0.124. The summed E-state index contributed by atoms with van der Waals surface area (Å²) in [5.41, 5.74) is -0.392. The topological polar surface area (TPSA) is 69.6 Å². The molecular formula is C8H12N2O3. The lowest BCUT2D eigenvalue weighted by atomic mass is 9.73. The normalized spacial score (nSPS) is 25.2. The Kier molecular flexibility index (Phi) is 1.68. The van der Waals surface area contributed by atoms with E-state index >= 15 is 0 Å². The number of piperidine rings is 1. The molecule has 2 aliphatic heterocycles. The molecule has 13 heavy (non-hydrogen) atoms. The van der Waals surface area contributed by atoms with Crippen molar-refractivity contribution in [3.05, 3.63) is 0 Å². The van der Waals surface area contributed by atoms with Gasteiger partial charge in [0.05, 0.1) is 5.41 Å². The Labute approximate surface area is 75.7 Å². The van der Waals surface area contributed by atoms with Gasteiger partial charge in [0, 0.05) is 19.6 Å². The summed E-state index contributed by atoms with van der Waals surface area (Å²) in [5, 5.41) is 11.4. The van der Waals surface area contributed by atoms with Crippen molar-refractivity contribution >= 4 is 12.0 Å². The molecular weight excluding hydrogens is 172 g/mol. The minimum absolute atomic E-state index is 0.0243. The average molecular weight is 184 g/mol. The van der Waals surface area contributed by atoms with Gasteiger partial charge in [-0.1, -0.05) is 0 Å². The fourth-order valence-electron chi connectivity index (χ4n) is 2.05. The maximum Gasteiger partial charge on any atom is 0.407 e. The van der Waals surface area contributed by atoms with E-state index in [0.29, 0.717) is 13.1 Å². The van der Waals surface area contributed by atoms with Crippen LogP contribution in [0.25, 0.3) is 0 Å². The van der Waals surface area contributed by atoms with Crippen LogP contribution < -0.4 is 5.32 Å². The van der Waals surface area contributed by atoms with Crippen LogP contribution in [0.15, 0.2) is 0 Å². The van der Waals surface area contributed by atoms with Gasteiger partial charge in [-0.25, -0.2) is 4.79 Å². The molecule has 0 saturated carbocycles. The SMILES string of the molecule is O=C(O)N1CC2(CCCNC2=O)C1. The lowest BCUT2D eigenvalue weighted by molar-refractivity contribution is -0.143. The van der Waals surface area contributed by atoms with E-state index in [-0.39, 0.29) is 5.91 Å². The maximum atomic E-state index is 11.4. The Bertz CT molecular complexity index is 258. The van der Waals surface area contributed by atoms with Crippen LogP contribution in [0.2, 0.25) is 0 Å². The second-order valence-corrected chi connectivity index (χ2v) is 3.78. The lowest BCUT2D eigenvalue weighted by Crippen LogP contribution is -2.66. The summed E-state index contributed by atoms with van der Waals surface area (Å²) in [5.74, 6) is 0.0243. The largest absolute Gasteiger partial charge is 0.465 e. The number of hydrogen-bond acceptors (Lipinski definition) is 2. The number of nitrogens with zero attached hydrogens (tertiary/aromatic N) is 1. The van der Waals surface area contributed by atoms with Gasteiger partial charge in [-0.3, -0.25) is 4.79 Å². The fourth-order valence-corrected chi connectivity index (χ4v) is 2.05. The Hall–Kier alpha value is -1.26. The van der Waals surface area contributed by atoms with Gasteiger partial charge in [0.1, 0.15) is 0 Å². The molecule has 0 unspecified atom stereocenters. The Morgan fingerprint density at radius 1 is 1.54 bits per heavy atom. The summed E-state index contributed by atoms with van der Waals surface area (Å²) >= 11 is 0. The van der Waals surface area contributed by atoms with Gasteiger partial charge in [-0.05, 0) is 12.8 Å². The summed E-state index contributed by atoms with van der Waals surface area (Å²) in [4.78, 5) is 23.2. The van der Waals surface area contributed by atoms with E-state index in [1.807, 2.05) is 0 Å². The van der Waals surface area contributed by atoms with E-state index in [1.54, 1.807) is 0 Å². The highest BCUT2D eigenvalue weighted by molar-refractivity contribution is 5.86. The van der Waals surface area contributed by atoms with Crippen molar-refractivity contribution < 1.29 is 14.7 Å². The molecule has 2 amide bonds. The molecule has 0 bridgehead atoms. The monoisotopic (exact) mass is 184 g/mol. The molecule has 2 saturated heterocycles. The van der Waals surface area contributed by atoms with Crippen LogP contribution in [0.3, 0.4) is 0 Å². The van der Waals surface area contributed by atoms with Gasteiger partial charge in [0.2, 0.25) is 5.91 Å². The van der Waals surface area contributed by atoms with Gasteiger partial charge in [0.25, 0.3) is 0 Å². The van der Waals surface area contributed by atoms with Crippen LogP contribution >= 0.6 is 0 Å². The Balaban J connectivity index is 2.01. The van der Waals surface area contributed by atoms with Crippen molar-refractivity contribution in [3.63, 3.8) is 0 Å². The third kappa shape index (κ3) is 1.15. The minimum Gasteiger partial charge on any atom is -0.465 e. The van der Waals surface area contributed by atoms with Crippen molar-refractivity contribution in [1.82, 2.24) is 10.2 Å². The molecule has 5 heteroatoms. The Morgan fingerprint density at radius 2 is 2.23 bits per heavy atom. The van der Waals surface area contributed by atoms with E-state index in [1.165, 1.54) is 4.90 Å². The first-order chi connectivity index (χ1) is 6.14. The second kappa shape index (κ2) is 2.61. The Morgan fingerprint density at radius 3 is 2.77 bits per heavy atom. The molecule has 0 aromatic rings. The van der Waals surface area contributed by atoms with E-state index in [0.717, 1.165) is 19.4 Å². The van der Waals surface area contributed by atoms with Crippen LogP contribution in [0.5, 0.6) is 0 Å². The van der Waals surface area contributed by atoms with Gasteiger partial charge < -0.3 is 15.3 Å². The second-order valence-electron chi connectivity index (χ2n) is 3.78. The van der Waals surface area contributed by atoms with E-state index in [4.69, 9.17) is 5.11 Å². The molecule has 0 aromatic heterocycles. The van der Waals surface area contributed by atoms with Crippen molar-refractivity contribution in [1.29, 1.82) is 0 Å². The number of amides is 2. The summed E-state index contributed by atoms with van der Waals surface area (Å²) < 4.78 is 0. The number of carboxylic acid groups (broad SMARTS) is 1. The van der Waals surface area contributed by atoms with Crippen LogP contribution in [0.4, 0.5) is 4.79 Å². The molecule has 1 spiro atoms. The quantitative estimate of drug-likeness (QED) is 0.551. The molecule has 5 nitrogen and oxygen atoms in total. The highest BCUT2D eigenvalue weighted by Crippen LogP contribution is 2.37. The summed E-state index contributed by atoms with van der Waals surface area (Å²) in [6, 6.07) is 0. The van der Waals surface area contributed by atoms with Crippen molar-refractivity contribution in [2.45, 2.75) is 12.8 Å². The van der Waals surface area contributed by atoms with Gasteiger partial charge in [0.15, 0.2) is 0 Å². The zero-order valence-electron chi connectivity index (χ0n) is 7.25. The van der Waals surface area contributed by atoms with E-state index in [2.05, 4.69) is 5.32 Å². The first kappa shape index (κ1) is 8.34. The van der Waals surface area contributed by atoms with Crippen molar-refractivity contribution in [3.8, 4) is 0 Å². The van der Waals surface area contributed by atoms with Crippen LogP contribution in [-0.2, 0) is 4.79 Å². The standard InChI is InChI=1S/C8H12N2O3/c11-6-8(2-1-3-9-6)4-10(5-8)7(12)13/h1-5H2,(H,9,11)(H,12,13). The summed E-state index contributed by atoms with van der Waals surface area (Å²) in [6.07, 6.45) is 0.853. The number of carbonyl (C=O) groups is 2. The maximum absolute atomic E-state index is 11.4. The first-order valence-electron chi connectivity index (χ1n) is 4.40. The smallest absolute Gasteiger partial charge is 0.407 e. The van der Waals surface area contributed by atoms with Gasteiger partial charge in [-0.15, -0.1) is 0 Å². The van der Waals surface area contributed by atoms with E-state index in [9.17, 15) is 9.59 Å². The van der Waals surface area contributed by atoms with E-state index < -0.39 is 11.5 Å². The number of rotatable bonds is 0. The highest BCUT2D eigenvalue weighted by atomic mass is 16.4. The van der Waals surface area contributed by atoms with Gasteiger partial charge >= 0.3 is 6.09 Å². The fraction of sp³-hybridized carbons (Fsp3) is 0.750. The minimum atomic E-state index is -0.927. The number of hydrogen-bond donors (Lipinski definition) is 2. The molecule has 72 valence electrons. The third-order valence-electron chi connectivity index (χ3n) is 2.86. The number of nitrogens with one attached hydrogen (secondary N) is 1. The molecule has 2 aliphatic rings. The van der Waals surface area contributed by atoms with Crippen molar-refractivity contribution in [2.24, 2.45) is 5.41 Å². The van der Waals surface area contributed by atoms with Crippen LogP contribution in [-0.4, -0.2) is 41.6 Å². The predicted molar refractivity (Wildman–Crippen MR) is 44.3 cm³/mol. The average Bonchev–Trinajstić information content (AvgIpc) is 2.01. The molecule has 0 atom stereocenters. The number of likely N-dealkylation sites (tertiary alicyclic amines) is 1. The summed E-state index contributed by atoms with van der Waals surface area (Å²) in [6.45, 7) is 1.47. The molecule has 0 aliphatic carbocycles. The lowest BCUT2D eigenvalue weighted by Gasteiger charge is -2.49.